The van der Waals surface area contributed by atoms with Crippen molar-refractivity contribution in [2.45, 2.75) is 31.7 Å². The minimum atomic E-state index is -0.608. The van der Waals surface area contributed by atoms with E-state index >= 15 is 0 Å². The standard InChI is InChI=1S/C24H29N3O5/c1-31-19-8-6-18(7-9-19)22(28)25-21(24(30)26-12-2-3-13-26)17-10-14-27(15-11-17)23(29)20-5-4-16-32-20/h4-9,16-17,21H,2-3,10-15H2,1H3,(H,25,28). The summed E-state index contributed by atoms with van der Waals surface area (Å²) in [6, 6.07) is 9.58. The van der Waals surface area contributed by atoms with Crippen molar-refractivity contribution in [2.75, 3.05) is 33.3 Å². The van der Waals surface area contributed by atoms with Gasteiger partial charge in [0, 0.05) is 31.7 Å². The third-order valence-corrected chi connectivity index (χ3v) is 6.35. The summed E-state index contributed by atoms with van der Waals surface area (Å²) >= 11 is 0. The van der Waals surface area contributed by atoms with E-state index in [4.69, 9.17) is 9.15 Å². The fourth-order valence-electron chi connectivity index (χ4n) is 4.47. The van der Waals surface area contributed by atoms with Gasteiger partial charge in [0.2, 0.25) is 5.91 Å². The Morgan fingerprint density at radius 1 is 1.00 bits per heavy atom. The molecule has 2 fully saturated rings. The number of rotatable bonds is 6. The quantitative estimate of drug-likeness (QED) is 0.747. The van der Waals surface area contributed by atoms with Gasteiger partial charge in [0.25, 0.3) is 11.8 Å². The fraction of sp³-hybridized carbons (Fsp3) is 0.458. The van der Waals surface area contributed by atoms with Gasteiger partial charge in [-0.3, -0.25) is 14.4 Å². The van der Waals surface area contributed by atoms with Crippen LogP contribution in [0.4, 0.5) is 0 Å². The number of nitrogens with zero attached hydrogens (tertiary/aromatic N) is 2. The first kappa shape index (κ1) is 21.9. The van der Waals surface area contributed by atoms with Crippen molar-refractivity contribution >= 4 is 17.7 Å². The summed E-state index contributed by atoms with van der Waals surface area (Å²) in [5.41, 5.74) is 0.482. The molecule has 0 radical (unpaired) electrons. The molecule has 0 aliphatic carbocycles. The summed E-state index contributed by atoms with van der Waals surface area (Å²) < 4.78 is 10.4. The van der Waals surface area contributed by atoms with E-state index in [1.165, 1.54) is 6.26 Å². The molecule has 2 aliphatic heterocycles. The van der Waals surface area contributed by atoms with Crippen LogP contribution in [0, 0.1) is 5.92 Å². The molecule has 0 spiro atoms. The number of hydrogen-bond donors (Lipinski definition) is 1. The van der Waals surface area contributed by atoms with Gasteiger partial charge in [-0.2, -0.15) is 0 Å². The smallest absolute Gasteiger partial charge is 0.289 e. The molecule has 8 heteroatoms. The molecule has 1 N–H and O–H groups in total. The van der Waals surface area contributed by atoms with Crippen molar-refractivity contribution < 1.29 is 23.5 Å². The monoisotopic (exact) mass is 439 g/mol. The van der Waals surface area contributed by atoms with Crippen LogP contribution in [0.25, 0.3) is 0 Å². The first-order valence-corrected chi connectivity index (χ1v) is 11.1. The predicted molar refractivity (Wildman–Crippen MR) is 117 cm³/mol. The third kappa shape index (κ3) is 4.79. The van der Waals surface area contributed by atoms with E-state index in [2.05, 4.69) is 5.32 Å². The lowest BCUT2D eigenvalue weighted by molar-refractivity contribution is -0.134. The molecule has 0 bridgehead atoms. The lowest BCUT2D eigenvalue weighted by Crippen LogP contribution is -2.54. The molecule has 4 rings (SSSR count). The van der Waals surface area contributed by atoms with Crippen LogP contribution in [0.3, 0.4) is 0 Å². The number of carbonyl (C=O) groups excluding carboxylic acids is 3. The van der Waals surface area contributed by atoms with Gasteiger partial charge >= 0.3 is 0 Å². The van der Waals surface area contributed by atoms with Gasteiger partial charge in [0.05, 0.1) is 13.4 Å². The van der Waals surface area contributed by atoms with E-state index in [1.807, 2.05) is 4.90 Å². The van der Waals surface area contributed by atoms with E-state index in [9.17, 15) is 14.4 Å². The molecule has 32 heavy (non-hydrogen) atoms. The molecule has 1 aromatic carbocycles. The average molecular weight is 440 g/mol. The highest BCUT2D eigenvalue weighted by atomic mass is 16.5. The van der Waals surface area contributed by atoms with Crippen LogP contribution >= 0.6 is 0 Å². The number of ether oxygens (including phenoxy) is 1. The van der Waals surface area contributed by atoms with Gasteiger partial charge in [-0.25, -0.2) is 0 Å². The predicted octanol–water partition coefficient (Wildman–Crippen LogP) is 2.56. The first-order chi connectivity index (χ1) is 15.6. The highest BCUT2D eigenvalue weighted by Gasteiger charge is 2.37. The largest absolute Gasteiger partial charge is 0.497 e. The molecule has 1 atom stereocenters. The second-order valence-corrected chi connectivity index (χ2v) is 8.32. The zero-order valence-electron chi connectivity index (χ0n) is 18.3. The Labute approximate surface area is 187 Å². The summed E-state index contributed by atoms with van der Waals surface area (Å²) in [6.07, 6.45) is 4.74. The van der Waals surface area contributed by atoms with Gasteiger partial charge in [-0.15, -0.1) is 0 Å². The van der Waals surface area contributed by atoms with Crippen LogP contribution in [0.5, 0.6) is 5.75 Å². The molecule has 3 heterocycles. The van der Waals surface area contributed by atoms with Gasteiger partial charge in [0.15, 0.2) is 5.76 Å². The number of carbonyl (C=O) groups is 3. The minimum absolute atomic E-state index is 0.0276. The number of nitrogens with one attached hydrogen (secondary N) is 1. The zero-order chi connectivity index (χ0) is 22.5. The zero-order valence-corrected chi connectivity index (χ0v) is 18.3. The van der Waals surface area contributed by atoms with Gasteiger partial charge < -0.3 is 24.3 Å². The van der Waals surface area contributed by atoms with Crippen molar-refractivity contribution in [3.05, 3.63) is 54.0 Å². The highest BCUT2D eigenvalue weighted by Crippen LogP contribution is 2.25. The summed E-state index contributed by atoms with van der Waals surface area (Å²) in [7, 11) is 1.57. The van der Waals surface area contributed by atoms with Crippen molar-refractivity contribution in [2.24, 2.45) is 5.92 Å². The molecule has 0 saturated carbocycles. The van der Waals surface area contributed by atoms with Crippen molar-refractivity contribution in [3.63, 3.8) is 0 Å². The van der Waals surface area contributed by atoms with E-state index in [0.717, 1.165) is 25.9 Å². The number of methoxy groups -OCH3 is 1. The average Bonchev–Trinajstić information content (AvgIpc) is 3.56. The van der Waals surface area contributed by atoms with Crippen LogP contribution in [0.1, 0.15) is 46.6 Å². The van der Waals surface area contributed by atoms with Crippen LogP contribution in [-0.4, -0.2) is 66.9 Å². The molecule has 2 aliphatic rings. The lowest BCUT2D eigenvalue weighted by atomic mass is 9.88. The maximum Gasteiger partial charge on any atom is 0.289 e. The van der Waals surface area contributed by atoms with E-state index < -0.39 is 6.04 Å². The Balaban J connectivity index is 1.45. The molecule has 2 aromatic rings. The Bertz CT molecular complexity index is 927. The Kier molecular flexibility index (Phi) is 6.78. The van der Waals surface area contributed by atoms with Crippen molar-refractivity contribution in [1.29, 1.82) is 0 Å². The number of likely N-dealkylation sites (tertiary alicyclic amines) is 2. The number of piperidine rings is 1. The van der Waals surface area contributed by atoms with Gasteiger partial charge in [-0.05, 0) is 68.0 Å². The molecule has 1 aromatic heterocycles. The number of benzene rings is 1. The van der Waals surface area contributed by atoms with Gasteiger partial charge in [0.1, 0.15) is 11.8 Å². The van der Waals surface area contributed by atoms with Crippen LogP contribution in [0.15, 0.2) is 47.1 Å². The molecular weight excluding hydrogens is 410 g/mol. The van der Waals surface area contributed by atoms with Crippen LogP contribution in [0.2, 0.25) is 0 Å². The molecule has 8 nitrogen and oxygen atoms in total. The van der Waals surface area contributed by atoms with E-state index in [-0.39, 0.29) is 23.6 Å². The number of hydrogen-bond acceptors (Lipinski definition) is 5. The Morgan fingerprint density at radius 3 is 2.28 bits per heavy atom. The van der Waals surface area contributed by atoms with Crippen LogP contribution in [-0.2, 0) is 4.79 Å². The first-order valence-electron chi connectivity index (χ1n) is 11.1. The topological polar surface area (TPSA) is 92.1 Å². The summed E-state index contributed by atoms with van der Waals surface area (Å²) in [5.74, 6) is 0.504. The maximum absolute atomic E-state index is 13.3. The summed E-state index contributed by atoms with van der Waals surface area (Å²) in [6.45, 7) is 2.49. The normalized spacial score (nSPS) is 17.8. The Hall–Kier alpha value is -3.29. The number of amides is 3. The maximum atomic E-state index is 13.3. The minimum Gasteiger partial charge on any atom is -0.497 e. The Morgan fingerprint density at radius 2 is 1.69 bits per heavy atom. The van der Waals surface area contributed by atoms with E-state index in [1.54, 1.807) is 48.4 Å². The molecular formula is C24H29N3O5. The van der Waals surface area contributed by atoms with Crippen LogP contribution < -0.4 is 10.1 Å². The van der Waals surface area contributed by atoms with Crippen molar-refractivity contribution in [3.8, 4) is 5.75 Å². The second kappa shape index (κ2) is 9.89. The third-order valence-electron chi connectivity index (χ3n) is 6.35. The molecule has 3 amide bonds. The SMILES string of the molecule is COc1ccc(C(=O)NC(C(=O)N2CCCC2)C2CCN(C(=O)c3ccco3)CC2)cc1. The molecule has 2 saturated heterocycles. The fourth-order valence-corrected chi connectivity index (χ4v) is 4.47. The summed E-state index contributed by atoms with van der Waals surface area (Å²) in [5, 5.41) is 3.00. The second-order valence-electron chi connectivity index (χ2n) is 8.32. The van der Waals surface area contributed by atoms with Crippen molar-refractivity contribution in [1.82, 2.24) is 15.1 Å². The summed E-state index contributed by atoms with van der Waals surface area (Å²) in [4.78, 5) is 42.4. The molecule has 170 valence electrons. The number of furan rings is 1. The lowest BCUT2D eigenvalue weighted by Gasteiger charge is -2.36. The highest BCUT2D eigenvalue weighted by molar-refractivity contribution is 5.98. The molecule has 1 unspecified atom stereocenters. The van der Waals surface area contributed by atoms with E-state index in [0.29, 0.717) is 43.0 Å². The van der Waals surface area contributed by atoms with Gasteiger partial charge in [-0.1, -0.05) is 0 Å².